The zero-order valence-electron chi connectivity index (χ0n) is 18.1. The molecular formula is C25H25F2NO3. The highest BCUT2D eigenvalue weighted by Crippen LogP contribution is 2.25. The Morgan fingerprint density at radius 2 is 2.00 bits per heavy atom. The number of halogens is 2. The molecular weight excluding hydrogens is 400 g/mol. The minimum absolute atomic E-state index is 0.0265. The molecule has 0 spiro atoms. The minimum Gasteiger partial charge on any atom is -0.465 e. The van der Waals surface area contributed by atoms with E-state index in [1.54, 1.807) is 0 Å². The van der Waals surface area contributed by atoms with E-state index < -0.39 is 17.6 Å². The number of aryl methyl sites for hydroxylation is 1. The number of carbonyl (C=O) groups excluding carboxylic acids is 1. The van der Waals surface area contributed by atoms with E-state index >= 15 is 0 Å². The molecule has 0 saturated heterocycles. The third-order valence-corrected chi connectivity index (χ3v) is 4.74. The summed E-state index contributed by atoms with van der Waals surface area (Å²) in [5.74, 6) is -0.258. The number of benzene rings is 2. The van der Waals surface area contributed by atoms with Gasteiger partial charge >= 0.3 is 5.97 Å². The zero-order chi connectivity index (χ0) is 23.0. The summed E-state index contributed by atoms with van der Waals surface area (Å²) in [5.41, 5.74) is 3.03. The highest BCUT2D eigenvalue weighted by molar-refractivity contribution is 6.16. The molecule has 0 aliphatic carbocycles. The maximum absolute atomic E-state index is 14.2. The number of ether oxygens (including phenoxy) is 1. The molecule has 4 nitrogen and oxygen atoms in total. The molecule has 162 valence electrons. The molecule has 0 radical (unpaired) electrons. The molecule has 0 aromatic heterocycles. The van der Waals surface area contributed by atoms with Gasteiger partial charge in [0.2, 0.25) is 0 Å². The van der Waals surface area contributed by atoms with Gasteiger partial charge in [-0.05, 0) is 43.5 Å². The fraction of sp³-hybridized carbons (Fsp3) is 0.280. The predicted molar refractivity (Wildman–Crippen MR) is 117 cm³/mol. The number of oxime groups is 1. The fourth-order valence-corrected chi connectivity index (χ4v) is 3.03. The lowest BCUT2D eigenvalue weighted by molar-refractivity contribution is -0.133. The van der Waals surface area contributed by atoms with E-state index in [0.29, 0.717) is 17.6 Å². The number of hydrogen-bond acceptors (Lipinski definition) is 4. The molecule has 0 bridgehead atoms. The maximum Gasteiger partial charge on any atom is 0.338 e. The van der Waals surface area contributed by atoms with Crippen molar-refractivity contribution in [1.29, 1.82) is 0 Å². The monoisotopic (exact) mass is 425 g/mol. The van der Waals surface area contributed by atoms with Crippen LogP contribution in [0.2, 0.25) is 0 Å². The third kappa shape index (κ3) is 5.79. The molecule has 0 amide bonds. The largest absolute Gasteiger partial charge is 0.465 e. The molecule has 0 N–H and O–H groups in total. The number of terminal acetylenes is 1. The van der Waals surface area contributed by atoms with E-state index in [-0.39, 0.29) is 23.4 Å². The minimum atomic E-state index is -1.05. The van der Waals surface area contributed by atoms with E-state index in [4.69, 9.17) is 16.0 Å². The standard InChI is InChI=1S/C25H25F2NO3/c1-6-8-11-20(25(29)30-5)19-12-9-10-16(3)22(19)15-31-28-17(4)21-13-18(7-2)14-23(26)24(21)27/h2,9-14H,6,8,15H2,1,3-5H3/b20-11-,28-17+. The normalized spacial score (nSPS) is 11.8. The Bertz CT molecular complexity index is 1070. The van der Waals surface area contributed by atoms with Crippen LogP contribution in [0.3, 0.4) is 0 Å². The van der Waals surface area contributed by atoms with Crippen LogP contribution in [0.5, 0.6) is 0 Å². The van der Waals surface area contributed by atoms with Crippen LogP contribution in [0.15, 0.2) is 41.6 Å². The number of hydrogen-bond donors (Lipinski definition) is 0. The SMILES string of the molecule is C#Cc1cc(F)c(F)c(/C(C)=N/OCc2c(C)cccc2/C(=C/CCC)C(=O)OC)c1. The second-order valence-corrected chi connectivity index (χ2v) is 6.91. The van der Waals surface area contributed by atoms with Gasteiger partial charge in [0.1, 0.15) is 6.61 Å². The Labute approximate surface area is 181 Å². The zero-order valence-corrected chi connectivity index (χ0v) is 18.1. The first-order chi connectivity index (χ1) is 14.8. The van der Waals surface area contributed by atoms with Crippen molar-refractivity contribution in [3.05, 3.63) is 75.9 Å². The molecule has 0 unspecified atom stereocenters. The predicted octanol–water partition coefficient (Wildman–Crippen LogP) is 5.55. The molecule has 6 heteroatoms. The lowest BCUT2D eigenvalue weighted by Gasteiger charge is -2.14. The number of unbranched alkanes of at least 4 members (excludes halogenated alkanes) is 1. The van der Waals surface area contributed by atoms with Gasteiger partial charge in [-0.3, -0.25) is 0 Å². The summed E-state index contributed by atoms with van der Waals surface area (Å²) in [4.78, 5) is 17.8. The number of carbonyl (C=O) groups is 1. The van der Waals surface area contributed by atoms with Crippen LogP contribution in [-0.4, -0.2) is 18.8 Å². The van der Waals surface area contributed by atoms with Crippen LogP contribution in [0.25, 0.3) is 5.57 Å². The van der Waals surface area contributed by atoms with Gasteiger partial charge in [-0.25, -0.2) is 13.6 Å². The van der Waals surface area contributed by atoms with Crippen LogP contribution in [0.4, 0.5) is 8.78 Å². The van der Waals surface area contributed by atoms with Crippen molar-refractivity contribution in [2.45, 2.75) is 40.2 Å². The number of methoxy groups -OCH3 is 1. The summed E-state index contributed by atoms with van der Waals surface area (Å²) >= 11 is 0. The van der Waals surface area contributed by atoms with Gasteiger partial charge in [0, 0.05) is 16.7 Å². The van der Waals surface area contributed by atoms with Crippen LogP contribution in [0.1, 0.15) is 54.5 Å². The molecule has 2 rings (SSSR count). The molecule has 0 aliphatic heterocycles. The Hall–Kier alpha value is -3.46. The van der Waals surface area contributed by atoms with Crippen molar-refractivity contribution in [3.8, 4) is 12.3 Å². The van der Waals surface area contributed by atoms with Gasteiger partial charge in [0.05, 0.1) is 18.4 Å². The van der Waals surface area contributed by atoms with Gasteiger partial charge < -0.3 is 9.57 Å². The van der Waals surface area contributed by atoms with Gasteiger partial charge in [-0.1, -0.05) is 48.7 Å². The van der Waals surface area contributed by atoms with Crippen molar-refractivity contribution in [2.24, 2.45) is 5.16 Å². The molecule has 0 atom stereocenters. The molecule has 31 heavy (non-hydrogen) atoms. The van der Waals surface area contributed by atoms with Crippen LogP contribution >= 0.6 is 0 Å². The Balaban J connectivity index is 2.36. The first-order valence-corrected chi connectivity index (χ1v) is 9.83. The first-order valence-electron chi connectivity index (χ1n) is 9.83. The second-order valence-electron chi connectivity index (χ2n) is 6.91. The summed E-state index contributed by atoms with van der Waals surface area (Å²) in [6.45, 7) is 5.43. The summed E-state index contributed by atoms with van der Waals surface area (Å²) in [5, 5.41) is 3.94. The van der Waals surface area contributed by atoms with Crippen LogP contribution in [-0.2, 0) is 21.0 Å². The van der Waals surface area contributed by atoms with Crippen molar-refractivity contribution in [3.63, 3.8) is 0 Å². The smallest absolute Gasteiger partial charge is 0.338 e. The van der Waals surface area contributed by atoms with E-state index in [0.717, 1.165) is 23.6 Å². The second kappa shape index (κ2) is 11.1. The number of esters is 1. The average Bonchev–Trinajstić information content (AvgIpc) is 2.76. The van der Waals surface area contributed by atoms with Gasteiger partial charge in [-0.2, -0.15) is 0 Å². The quantitative estimate of drug-likeness (QED) is 0.183. The lowest BCUT2D eigenvalue weighted by atomic mass is 9.95. The molecule has 2 aromatic rings. The van der Waals surface area contributed by atoms with Gasteiger partial charge in [0.15, 0.2) is 11.6 Å². The van der Waals surface area contributed by atoms with E-state index in [2.05, 4.69) is 11.1 Å². The molecule has 0 heterocycles. The average molecular weight is 425 g/mol. The molecule has 0 saturated carbocycles. The van der Waals surface area contributed by atoms with Crippen LogP contribution in [0, 0.1) is 30.9 Å². The van der Waals surface area contributed by atoms with Crippen molar-refractivity contribution >= 4 is 17.3 Å². The number of nitrogens with zero attached hydrogens (tertiary/aromatic N) is 1. The molecule has 2 aromatic carbocycles. The lowest BCUT2D eigenvalue weighted by Crippen LogP contribution is -2.08. The third-order valence-electron chi connectivity index (χ3n) is 4.74. The van der Waals surface area contributed by atoms with E-state index in [1.807, 2.05) is 38.1 Å². The molecule has 0 fully saturated rings. The summed E-state index contributed by atoms with van der Waals surface area (Å²) in [6.07, 6.45) is 8.72. The number of rotatable bonds is 8. The van der Waals surface area contributed by atoms with E-state index in [9.17, 15) is 13.6 Å². The fourth-order valence-electron chi connectivity index (χ4n) is 3.03. The first kappa shape index (κ1) is 23.8. The Morgan fingerprint density at radius 1 is 1.26 bits per heavy atom. The van der Waals surface area contributed by atoms with Crippen LogP contribution < -0.4 is 0 Å². The van der Waals surface area contributed by atoms with Gasteiger partial charge in [-0.15, -0.1) is 6.42 Å². The van der Waals surface area contributed by atoms with Crippen molar-refractivity contribution in [1.82, 2.24) is 0 Å². The van der Waals surface area contributed by atoms with Crippen molar-refractivity contribution < 1.29 is 23.1 Å². The van der Waals surface area contributed by atoms with Gasteiger partial charge in [0.25, 0.3) is 0 Å². The summed E-state index contributed by atoms with van der Waals surface area (Å²) < 4.78 is 32.9. The van der Waals surface area contributed by atoms with E-state index in [1.165, 1.54) is 20.1 Å². The highest BCUT2D eigenvalue weighted by Gasteiger charge is 2.18. The highest BCUT2D eigenvalue weighted by atomic mass is 19.2. The topological polar surface area (TPSA) is 47.9 Å². The summed E-state index contributed by atoms with van der Waals surface area (Å²) in [6, 6.07) is 7.83. The maximum atomic E-state index is 14.2. The Kier molecular flexibility index (Phi) is 8.51. The summed E-state index contributed by atoms with van der Waals surface area (Å²) in [7, 11) is 1.33. The van der Waals surface area contributed by atoms with Crippen molar-refractivity contribution in [2.75, 3.05) is 7.11 Å². The Morgan fingerprint density at radius 3 is 2.65 bits per heavy atom. The number of allylic oxidation sites excluding steroid dienone is 1. The molecule has 0 aliphatic rings.